The van der Waals surface area contributed by atoms with Gasteiger partial charge in [0.1, 0.15) is 5.60 Å². The zero-order chi connectivity index (χ0) is 17.6. The van der Waals surface area contributed by atoms with Gasteiger partial charge in [0.15, 0.2) is 0 Å². The molecule has 1 aromatic carbocycles. The Morgan fingerprint density at radius 3 is 2.72 bits per heavy atom. The molecule has 4 heteroatoms. The Balaban J connectivity index is 1.52. The lowest BCUT2D eigenvalue weighted by Crippen LogP contribution is -2.39. The summed E-state index contributed by atoms with van der Waals surface area (Å²) in [6.07, 6.45) is 7.60. The number of nitrogens with zero attached hydrogens (tertiary/aromatic N) is 1. The summed E-state index contributed by atoms with van der Waals surface area (Å²) in [6, 6.07) is 6.68. The smallest absolute Gasteiger partial charge is 0.410 e. The molecule has 1 aliphatic heterocycles. The van der Waals surface area contributed by atoms with Crippen molar-refractivity contribution in [3.05, 3.63) is 41.6 Å². The molecule has 25 heavy (non-hydrogen) atoms. The Morgan fingerprint density at radius 2 is 2.08 bits per heavy atom. The van der Waals surface area contributed by atoms with Crippen molar-refractivity contribution in [2.75, 3.05) is 13.1 Å². The van der Waals surface area contributed by atoms with Crippen LogP contribution in [0.5, 0.6) is 0 Å². The van der Waals surface area contributed by atoms with Crippen LogP contribution < -0.4 is 0 Å². The van der Waals surface area contributed by atoms with Crippen LogP contribution in [0.4, 0.5) is 4.79 Å². The first kappa shape index (κ1) is 16.2. The van der Waals surface area contributed by atoms with Crippen LogP contribution in [0.1, 0.15) is 57.1 Å². The van der Waals surface area contributed by atoms with Gasteiger partial charge >= 0.3 is 6.09 Å². The van der Waals surface area contributed by atoms with Crippen LogP contribution in [-0.4, -0.2) is 34.7 Å². The number of carbonyl (C=O) groups is 1. The standard InChI is InChI=1S/C21H26N2O2/c1-21(2,3)25-20(24)23-10-8-14(9-11-23)16-6-7-19-17(12-16)18(13-22-19)15-4-5-15/h6-8,12-13,15,22H,4-5,9-11H2,1-3H3. The third-order valence-corrected chi connectivity index (χ3v) is 4.96. The summed E-state index contributed by atoms with van der Waals surface area (Å²) in [5, 5.41) is 1.36. The number of nitrogens with one attached hydrogen (secondary N) is 1. The maximum Gasteiger partial charge on any atom is 0.410 e. The molecule has 0 bridgehead atoms. The van der Waals surface area contributed by atoms with Crippen LogP contribution in [0.25, 0.3) is 16.5 Å². The molecule has 0 saturated heterocycles. The van der Waals surface area contributed by atoms with Crippen molar-refractivity contribution < 1.29 is 9.53 Å². The van der Waals surface area contributed by atoms with E-state index in [1.807, 2.05) is 20.8 Å². The van der Waals surface area contributed by atoms with E-state index >= 15 is 0 Å². The van der Waals surface area contributed by atoms with Crippen LogP contribution >= 0.6 is 0 Å². The van der Waals surface area contributed by atoms with E-state index in [2.05, 4.69) is 35.5 Å². The number of rotatable bonds is 2. The van der Waals surface area contributed by atoms with E-state index in [9.17, 15) is 4.79 Å². The quantitative estimate of drug-likeness (QED) is 0.831. The molecule has 1 fully saturated rings. The predicted octanol–water partition coefficient (Wildman–Crippen LogP) is 5.07. The van der Waals surface area contributed by atoms with Crippen LogP contribution in [0.3, 0.4) is 0 Å². The lowest BCUT2D eigenvalue weighted by atomic mass is 9.97. The van der Waals surface area contributed by atoms with Gasteiger partial charge in [-0.25, -0.2) is 4.79 Å². The lowest BCUT2D eigenvalue weighted by Gasteiger charge is -2.29. The normalized spacial score (nSPS) is 18.4. The molecule has 0 atom stereocenters. The van der Waals surface area contributed by atoms with Crippen LogP contribution in [-0.2, 0) is 4.74 Å². The Bertz CT molecular complexity index is 837. The minimum Gasteiger partial charge on any atom is -0.444 e. The second kappa shape index (κ2) is 5.94. The van der Waals surface area contributed by atoms with Gasteiger partial charge < -0.3 is 14.6 Å². The number of hydrogen-bond acceptors (Lipinski definition) is 2. The first-order chi connectivity index (χ1) is 11.9. The first-order valence-electron chi connectivity index (χ1n) is 9.19. The first-order valence-corrected chi connectivity index (χ1v) is 9.19. The molecule has 1 saturated carbocycles. The molecular weight excluding hydrogens is 312 g/mol. The zero-order valence-corrected chi connectivity index (χ0v) is 15.3. The van der Waals surface area contributed by atoms with E-state index < -0.39 is 5.60 Å². The summed E-state index contributed by atoms with van der Waals surface area (Å²) in [5.74, 6) is 0.743. The van der Waals surface area contributed by atoms with Gasteiger partial charge in [0.25, 0.3) is 0 Å². The SMILES string of the molecule is CC(C)(C)OC(=O)N1CC=C(c2ccc3[nH]cc(C4CC4)c3c2)CC1. The van der Waals surface area contributed by atoms with E-state index in [4.69, 9.17) is 4.74 Å². The fourth-order valence-electron chi connectivity index (χ4n) is 3.50. The summed E-state index contributed by atoms with van der Waals surface area (Å²) in [6.45, 7) is 7.03. The number of aromatic nitrogens is 1. The fourth-order valence-corrected chi connectivity index (χ4v) is 3.50. The topological polar surface area (TPSA) is 45.3 Å². The Morgan fingerprint density at radius 1 is 1.28 bits per heavy atom. The Hall–Kier alpha value is -2.23. The largest absolute Gasteiger partial charge is 0.444 e. The highest BCUT2D eigenvalue weighted by Crippen LogP contribution is 2.43. The Kier molecular flexibility index (Phi) is 3.86. The van der Waals surface area contributed by atoms with Gasteiger partial charge in [-0.15, -0.1) is 0 Å². The third-order valence-electron chi connectivity index (χ3n) is 4.96. The summed E-state index contributed by atoms with van der Waals surface area (Å²) in [7, 11) is 0. The molecule has 2 aliphatic rings. The minimum atomic E-state index is -0.445. The van der Waals surface area contributed by atoms with E-state index in [-0.39, 0.29) is 6.09 Å². The number of H-pyrrole nitrogens is 1. The highest BCUT2D eigenvalue weighted by Gasteiger charge is 2.27. The van der Waals surface area contributed by atoms with Crippen molar-refractivity contribution in [3.8, 4) is 0 Å². The number of aromatic amines is 1. The Labute approximate surface area is 148 Å². The average molecular weight is 338 g/mol. The van der Waals surface area contributed by atoms with Crippen molar-refractivity contribution in [1.82, 2.24) is 9.88 Å². The van der Waals surface area contributed by atoms with Crippen molar-refractivity contribution in [1.29, 1.82) is 0 Å². The average Bonchev–Trinajstić information content (AvgIpc) is 3.32. The number of amides is 1. The second-order valence-electron chi connectivity index (χ2n) is 8.18. The summed E-state index contributed by atoms with van der Waals surface area (Å²) < 4.78 is 5.47. The number of benzene rings is 1. The second-order valence-corrected chi connectivity index (χ2v) is 8.18. The van der Waals surface area contributed by atoms with Gasteiger partial charge in [-0.3, -0.25) is 0 Å². The van der Waals surface area contributed by atoms with Gasteiger partial charge in [0.05, 0.1) is 0 Å². The minimum absolute atomic E-state index is 0.222. The van der Waals surface area contributed by atoms with Crippen LogP contribution in [0, 0.1) is 0 Å². The maximum atomic E-state index is 12.2. The van der Waals surface area contributed by atoms with Crippen LogP contribution in [0.2, 0.25) is 0 Å². The molecule has 0 radical (unpaired) electrons. The van der Waals surface area contributed by atoms with Gasteiger partial charge in [0, 0.05) is 30.2 Å². The van der Waals surface area contributed by atoms with Gasteiger partial charge in [0.2, 0.25) is 0 Å². The molecule has 4 rings (SSSR count). The number of carbonyl (C=O) groups excluding carboxylic acids is 1. The van der Waals surface area contributed by atoms with Gasteiger partial charge in [-0.05, 0) is 74.8 Å². The molecule has 1 N–H and O–H groups in total. The zero-order valence-electron chi connectivity index (χ0n) is 15.3. The molecule has 1 aliphatic carbocycles. The molecule has 2 aromatic rings. The summed E-state index contributed by atoms with van der Waals surface area (Å²) in [4.78, 5) is 17.4. The monoisotopic (exact) mass is 338 g/mol. The molecule has 1 amide bonds. The summed E-state index contributed by atoms with van der Waals surface area (Å²) >= 11 is 0. The fraction of sp³-hybridized carbons (Fsp3) is 0.476. The molecule has 0 unspecified atom stereocenters. The molecule has 0 spiro atoms. The third kappa shape index (κ3) is 3.44. The van der Waals surface area contributed by atoms with Crippen LogP contribution in [0.15, 0.2) is 30.5 Å². The molecule has 132 valence electrons. The lowest BCUT2D eigenvalue weighted by molar-refractivity contribution is 0.0270. The summed E-state index contributed by atoms with van der Waals surface area (Å²) in [5.41, 5.74) is 4.84. The van der Waals surface area contributed by atoms with Crippen molar-refractivity contribution in [2.45, 2.75) is 51.6 Å². The van der Waals surface area contributed by atoms with Crippen molar-refractivity contribution >= 4 is 22.6 Å². The predicted molar refractivity (Wildman–Crippen MR) is 101 cm³/mol. The van der Waals surface area contributed by atoms with E-state index in [0.29, 0.717) is 13.1 Å². The van der Waals surface area contributed by atoms with Crippen molar-refractivity contribution in [2.24, 2.45) is 0 Å². The van der Waals surface area contributed by atoms with Crippen molar-refractivity contribution in [3.63, 3.8) is 0 Å². The van der Waals surface area contributed by atoms with Gasteiger partial charge in [-0.1, -0.05) is 12.1 Å². The van der Waals surface area contributed by atoms with E-state index in [1.165, 1.54) is 40.4 Å². The number of fused-ring (bicyclic) bond motifs is 1. The molecule has 4 nitrogen and oxygen atoms in total. The number of hydrogen-bond donors (Lipinski definition) is 1. The number of ether oxygens (including phenoxy) is 1. The highest BCUT2D eigenvalue weighted by molar-refractivity contribution is 5.88. The highest BCUT2D eigenvalue weighted by atomic mass is 16.6. The maximum absolute atomic E-state index is 12.2. The molecular formula is C21H26N2O2. The van der Waals surface area contributed by atoms with E-state index in [0.717, 1.165) is 12.3 Å². The van der Waals surface area contributed by atoms with E-state index in [1.54, 1.807) is 4.90 Å². The molecule has 2 heterocycles. The van der Waals surface area contributed by atoms with Gasteiger partial charge in [-0.2, -0.15) is 0 Å². The molecule has 1 aromatic heterocycles.